The average Bonchev–Trinajstić information content (AvgIpc) is 2.63. The van der Waals surface area contributed by atoms with Gasteiger partial charge in [-0.3, -0.25) is 9.69 Å². The standard InChI is InChI=1S/C19H21BrN2O2/c1-24-18-8-7-17(20)13-16(18)14-21-9-11-22(12-10-21)19(23)15-5-3-2-4-6-15/h2-8,13H,9-12,14H2,1H3. The lowest BCUT2D eigenvalue weighted by Gasteiger charge is -2.35. The zero-order chi connectivity index (χ0) is 16.9. The molecule has 2 aromatic carbocycles. The average molecular weight is 389 g/mol. The van der Waals surface area contributed by atoms with Gasteiger partial charge in [0.15, 0.2) is 0 Å². The molecule has 0 saturated carbocycles. The molecule has 1 amide bonds. The Morgan fingerprint density at radius 2 is 1.79 bits per heavy atom. The molecule has 1 saturated heterocycles. The van der Waals surface area contributed by atoms with Crippen molar-refractivity contribution in [2.45, 2.75) is 6.54 Å². The van der Waals surface area contributed by atoms with Gasteiger partial charge in [-0.05, 0) is 30.3 Å². The maximum Gasteiger partial charge on any atom is 0.253 e. The smallest absolute Gasteiger partial charge is 0.253 e. The van der Waals surface area contributed by atoms with Crippen LogP contribution in [0.15, 0.2) is 53.0 Å². The van der Waals surface area contributed by atoms with E-state index in [0.29, 0.717) is 0 Å². The zero-order valence-corrected chi connectivity index (χ0v) is 15.3. The van der Waals surface area contributed by atoms with Crippen molar-refractivity contribution in [3.05, 3.63) is 64.1 Å². The summed E-state index contributed by atoms with van der Waals surface area (Å²) in [5.41, 5.74) is 1.93. The molecule has 1 aliphatic heterocycles. The van der Waals surface area contributed by atoms with Gasteiger partial charge in [0.2, 0.25) is 0 Å². The van der Waals surface area contributed by atoms with Gasteiger partial charge < -0.3 is 9.64 Å². The van der Waals surface area contributed by atoms with Gasteiger partial charge in [-0.15, -0.1) is 0 Å². The van der Waals surface area contributed by atoms with Crippen molar-refractivity contribution in [3.63, 3.8) is 0 Å². The van der Waals surface area contributed by atoms with Gasteiger partial charge in [-0.2, -0.15) is 0 Å². The van der Waals surface area contributed by atoms with Gasteiger partial charge in [0.25, 0.3) is 5.91 Å². The number of carbonyl (C=O) groups is 1. The number of rotatable bonds is 4. The molecule has 0 atom stereocenters. The lowest BCUT2D eigenvalue weighted by atomic mass is 10.1. The molecule has 3 rings (SSSR count). The maximum absolute atomic E-state index is 12.5. The van der Waals surface area contributed by atoms with E-state index in [1.807, 2.05) is 47.4 Å². The number of carbonyl (C=O) groups excluding carboxylic acids is 1. The fourth-order valence-electron chi connectivity index (χ4n) is 2.98. The largest absolute Gasteiger partial charge is 0.496 e. The number of hydrogen-bond donors (Lipinski definition) is 0. The van der Waals surface area contributed by atoms with Crippen LogP contribution in [0.1, 0.15) is 15.9 Å². The second-order valence-corrected chi connectivity index (χ2v) is 6.81. The molecular formula is C19H21BrN2O2. The van der Waals surface area contributed by atoms with Crippen LogP contribution in [-0.2, 0) is 6.54 Å². The minimum absolute atomic E-state index is 0.121. The summed E-state index contributed by atoms with van der Waals surface area (Å²) in [6.07, 6.45) is 0. The summed E-state index contributed by atoms with van der Waals surface area (Å²) in [4.78, 5) is 16.8. The molecule has 24 heavy (non-hydrogen) atoms. The van der Waals surface area contributed by atoms with Crippen molar-refractivity contribution in [1.29, 1.82) is 0 Å². The third-order valence-electron chi connectivity index (χ3n) is 4.32. The van der Waals surface area contributed by atoms with Gasteiger partial charge in [0.1, 0.15) is 5.75 Å². The van der Waals surface area contributed by atoms with Crippen LogP contribution in [0.2, 0.25) is 0 Å². The van der Waals surface area contributed by atoms with Gasteiger partial charge in [0, 0.05) is 48.3 Å². The highest BCUT2D eigenvalue weighted by Crippen LogP contribution is 2.24. The number of hydrogen-bond acceptors (Lipinski definition) is 3. The van der Waals surface area contributed by atoms with Crippen LogP contribution in [0.3, 0.4) is 0 Å². The second-order valence-electron chi connectivity index (χ2n) is 5.89. The first-order valence-corrected chi connectivity index (χ1v) is 8.86. The van der Waals surface area contributed by atoms with Gasteiger partial charge in [-0.25, -0.2) is 0 Å². The Kier molecular flexibility index (Phi) is 5.53. The zero-order valence-electron chi connectivity index (χ0n) is 13.7. The molecule has 0 radical (unpaired) electrons. The third kappa shape index (κ3) is 3.97. The van der Waals surface area contributed by atoms with E-state index in [9.17, 15) is 4.79 Å². The van der Waals surface area contributed by atoms with Crippen LogP contribution >= 0.6 is 15.9 Å². The summed E-state index contributed by atoms with van der Waals surface area (Å²) in [6, 6.07) is 15.6. The molecule has 0 aromatic heterocycles. The molecule has 0 aliphatic carbocycles. The number of piperazine rings is 1. The first kappa shape index (κ1) is 17.0. The van der Waals surface area contributed by atoms with Crippen LogP contribution < -0.4 is 4.74 Å². The summed E-state index contributed by atoms with van der Waals surface area (Å²) in [5.74, 6) is 1.02. The van der Waals surface area contributed by atoms with Crippen LogP contribution in [0.25, 0.3) is 0 Å². The maximum atomic E-state index is 12.5. The highest BCUT2D eigenvalue weighted by Gasteiger charge is 2.22. The van der Waals surface area contributed by atoms with Crippen LogP contribution in [0.5, 0.6) is 5.75 Å². The molecule has 0 N–H and O–H groups in total. The van der Waals surface area contributed by atoms with Gasteiger partial charge >= 0.3 is 0 Å². The molecule has 126 valence electrons. The number of methoxy groups -OCH3 is 1. The lowest BCUT2D eigenvalue weighted by Crippen LogP contribution is -2.48. The highest BCUT2D eigenvalue weighted by molar-refractivity contribution is 9.10. The molecule has 0 spiro atoms. The molecule has 1 aliphatic rings. The van der Waals surface area contributed by atoms with Crippen molar-refractivity contribution in [1.82, 2.24) is 9.80 Å². The van der Waals surface area contributed by atoms with E-state index in [1.165, 1.54) is 0 Å². The van der Waals surface area contributed by atoms with Gasteiger partial charge in [0.05, 0.1) is 7.11 Å². The Morgan fingerprint density at radius 1 is 1.08 bits per heavy atom. The van der Waals surface area contributed by atoms with Crippen LogP contribution in [0.4, 0.5) is 0 Å². The number of halogens is 1. The molecule has 0 unspecified atom stereocenters. The predicted octanol–water partition coefficient (Wildman–Crippen LogP) is 3.42. The summed E-state index contributed by atoms with van der Waals surface area (Å²) in [5, 5.41) is 0. The number of nitrogens with zero attached hydrogens (tertiary/aromatic N) is 2. The third-order valence-corrected chi connectivity index (χ3v) is 4.81. The van der Waals surface area contributed by atoms with E-state index in [2.05, 4.69) is 26.9 Å². The van der Waals surface area contributed by atoms with Gasteiger partial charge in [-0.1, -0.05) is 34.1 Å². The minimum atomic E-state index is 0.121. The fourth-order valence-corrected chi connectivity index (χ4v) is 3.39. The normalized spacial score (nSPS) is 15.3. The van der Waals surface area contributed by atoms with Crippen molar-refractivity contribution >= 4 is 21.8 Å². The molecule has 4 nitrogen and oxygen atoms in total. The van der Waals surface area contributed by atoms with Crippen molar-refractivity contribution in [2.24, 2.45) is 0 Å². The van der Waals surface area contributed by atoms with Crippen LogP contribution in [-0.4, -0.2) is 49.0 Å². The highest BCUT2D eigenvalue weighted by atomic mass is 79.9. The Morgan fingerprint density at radius 3 is 2.46 bits per heavy atom. The Labute approximate surface area is 151 Å². The second kappa shape index (κ2) is 7.81. The molecule has 2 aromatic rings. The molecule has 1 heterocycles. The first-order valence-electron chi connectivity index (χ1n) is 8.06. The number of ether oxygens (including phenoxy) is 1. The summed E-state index contributed by atoms with van der Waals surface area (Å²) < 4.78 is 6.50. The van der Waals surface area contributed by atoms with E-state index < -0.39 is 0 Å². The van der Waals surface area contributed by atoms with E-state index >= 15 is 0 Å². The summed E-state index contributed by atoms with van der Waals surface area (Å²) in [6.45, 7) is 4.08. The summed E-state index contributed by atoms with van der Waals surface area (Å²) >= 11 is 3.52. The minimum Gasteiger partial charge on any atom is -0.496 e. The van der Waals surface area contributed by atoms with E-state index in [4.69, 9.17) is 4.74 Å². The molecular weight excluding hydrogens is 368 g/mol. The van der Waals surface area contributed by atoms with Crippen LogP contribution in [0, 0.1) is 0 Å². The Bertz CT molecular complexity index is 698. The van der Waals surface area contributed by atoms with E-state index in [-0.39, 0.29) is 5.91 Å². The first-order chi connectivity index (χ1) is 11.7. The number of benzene rings is 2. The Balaban J connectivity index is 1.60. The Hall–Kier alpha value is -1.85. The molecule has 1 fully saturated rings. The monoisotopic (exact) mass is 388 g/mol. The lowest BCUT2D eigenvalue weighted by molar-refractivity contribution is 0.0627. The van der Waals surface area contributed by atoms with Crippen molar-refractivity contribution < 1.29 is 9.53 Å². The predicted molar refractivity (Wildman–Crippen MR) is 98.3 cm³/mol. The SMILES string of the molecule is COc1ccc(Br)cc1CN1CCN(C(=O)c2ccccc2)CC1. The number of amides is 1. The van der Waals surface area contributed by atoms with E-state index in [1.54, 1.807) is 7.11 Å². The quantitative estimate of drug-likeness (QED) is 0.804. The summed E-state index contributed by atoms with van der Waals surface area (Å²) in [7, 11) is 1.70. The van der Waals surface area contributed by atoms with E-state index in [0.717, 1.165) is 54.1 Å². The van der Waals surface area contributed by atoms with Crippen molar-refractivity contribution in [2.75, 3.05) is 33.3 Å². The fraction of sp³-hybridized carbons (Fsp3) is 0.316. The van der Waals surface area contributed by atoms with Crippen molar-refractivity contribution in [3.8, 4) is 5.75 Å². The topological polar surface area (TPSA) is 32.8 Å². The molecule has 0 bridgehead atoms. The molecule has 5 heteroatoms.